The molecule has 0 aliphatic heterocycles. The predicted molar refractivity (Wildman–Crippen MR) is 75.8 cm³/mol. The van der Waals surface area contributed by atoms with E-state index in [0.29, 0.717) is 28.8 Å². The van der Waals surface area contributed by atoms with Crippen LogP contribution in [0.5, 0.6) is 0 Å². The van der Waals surface area contributed by atoms with Gasteiger partial charge in [-0.1, -0.05) is 19.1 Å². The maximum atomic E-state index is 12.0. The van der Waals surface area contributed by atoms with E-state index < -0.39 is 15.7 Å². The van der Waals surface area contributed by atoms with Gasteiger partial charge in [0.1, 0.15) is 0 Å². The zero-order valence-corrected chi connectivity index (χ0v) is 12.4. The van der Waals surface area contributed by atoms with Crippen LogP contribution in [0, 0.1) is 10.1 Å². The molecule has 0 aliphatic carbocycles. The van der Waals surface area contributed by atoms with E-state index in [1.165, 1.54) is 6.07 Å². The summed E-state index contributed by atoms with van der Waals surface area (Å²) in [6.45, 7) is 2.36. The minimum absolute atomic E-state index is 0.00372. The second kappa shape index (κ2) is 6.96. The first kappa shape index (κ1) is 15.3. The lowest BCUT2D eigenvalue weighted by Gasteiger charge is -2.11. The first-order valence-electron chi connectivity index (χ1n) is 5.46. The first-order valence-corrected chi connectivity index (χ1v) is 7.64. The lowest BCUT2D eigenvalue weighted by atomic mass is 10.2. The molecule has 0 radical (unpaired) electrons. The van der Waals surface area contributed by atoms with Crippen molar-refractivity contribution in [2.24, 2.45) is 5.73 Å². The van der Waals surface area contributed by atoms with Crippen molar-refractivity contribution in [1.29, 1.82) is 0 Å². The Morgan fingerprint density at radius 1 is 1.56 bits per heavy atom. The molecule has 1 aromatic rings. The number of rotatable bonds is 6. The van der Waals surface area contributed by atoms with Crippen molar-refractivity contribution < 1.29 is 9.13 Å². The van der Waals surface area contributed by atoms with Crippen LogP contribution in [0.25, 0.3) is 0 Å². The number of halogens is 1. The van der Waals surface area contributed by atoms with Crippen LogP contribution in [-0.2, 0) is 16.6 Å². The average molecular weight is 335 g/mol. The highest BCUT2D eigenvalue weighted by molar-refractivity contribution is 9.10. The van der Waals surface area contributed by atoms with Crippen LogP contribution < -0.4 is 5.73 Å². The van der Waals surface area contributed by atoms with Gasteiger partial charge in [-0.05, 0) is 34.5 Å². The molecule has 0 saturated heterocycles. The Kier molecular flexibility index (Phi) is 5.90. The van der Waals surface area contributed by atoms with Gasteiger partial charge in [0.15, 0.2) is 0 Å². The summed E-state index contributed by atoms with van der Waals surface area (Å²) in [5, 5.41) is 10.8. The van der Waals surface area contributed by atoms with Gasteiger partial charge in [0, 0.05) is 22.1 Å². The van der Waals surface area contributed by atoms with E-state index in [2.05, 4.69) is 15.9 Å². The zero-order chi connectivity index (χ0) is 13.7. The SMILES string of the molecule is CC(CCN)S(=O)Cc1cccc([N+](=O)[O-])c1Br. The number of nitrogens with two attached hydrogens (primary N) is 1. The minimum atomic E-state index is -1.08. The maximum absolute atomic E-state index is 12.0. The Balaban J connectivity index is 2.88. The third-order valence-corrected chi connectivity index (χ3v) is 5.22. The molecule has 18 heavy (non-hydrogen) atoms. The van der Waals surface area contributed by atoms with Gasteiger partial charge in [-0.2, -0.15) is 0 Å². The van der Waals surface area contributed by atoms with Crippen molar-refractivity contribution in [3.8, 4) is 0 Å². The smallest absolute Gasteiger partial charge is 0.283 e. The number of nitrogens with zero attached hydrogens (tertiary/aromatic N) is 1. The highest BCUT2D eigenvalue weighted by Crippen LogP contribution is 2.29. The average Bonchev–Trinajstić information content (AvgIpc) is 2.31. The molecular weight excluding hydrogens is 320 g/mol. The molecule has 0 spiro atoms. The molecule has 2 unspecified atom stereocenters. The summed E-state index contributed by atoms with van der Waals surface area (Å²) in [5.74, 6) is 0.295. The van der Waals surface area contributed by atoms with Crippen molar-refractivity contribution >= 4 is 32.4 Å². The maximum Gasteiger partial charge on any atom is 0.283 e. The highest BCUT2D eigenvalue weighted by Gasteiger charge is 2.18. The van der Waals surface area contributed by atoms with Gasteiger partial charge in [-0.15, -0.1) is 0 Å². The van der Waals surface area contributed by atoms with Crippen LogP contribution in [0.2, 0.25) is 0 Å². The zero-order valence-electron chi connectivity index (χ0n) is 9.97. The number of hydrogen-bond acceptors (Lipinski definition) is 4. The largest absolute Gasteiger partial charge is 0.330 e. The van der Waals surface area contributed by atoms with Gasteiger partial charge in [-0.3, -0.25) is 14.3 Å². The van der Waals surface area contributed by atoms with Crippen molar-refractivity contribution in [3.63, 3.8) is 0 Å². The van der Waals surface area contributed by atoms with Crippen LogP contribution in [0.4, 0.5) is 5.69 Å². The molecule has 0 amide bonds. The van der Waals surface area contributed by atoms with Gasteiger partial charge in [0.25, 0.3) is 5.69 Å². The molecule has 5 nitrogen and oxygen atoms in total. The predicted octanol–water partition coefficient (Wildman–Crippen LogP) is 2.34. The highest BCUT2D eigenvalue weighted by atomic mass is 79.9. The topological polar surface area (TPSA) is 86.2 Å². The molecule has 0 heterocycles. The molecule has 1 rings (SSSR count). The molecule has 100 valence electrons. The third kappa shape index (κ3) is 3.86. The second-order valence-corrected chi connectivity index (χ2v) is 6.57. The number of nitro benzene ring substituents is 1. The Morgan fingerprint density at radius 2 is 2.22 bits per heavy atom. The summed E-state index contributed by atoms with van der Waals surface area (Å²) in [5.41, 5.74) is 6.10. The molecule has 2 atom stereocenters. The molecule has 1 aromatic carbocycles. The fraction of sp³-hybridized carbons (Fsp3) is 0.455. The van der Waals surface area contributed by atoms with E-state index in [9.17, 15) is 14.3 Å². The molecule has 0 aromatic heterocycles. The van der Waals surface area contributed by atoms with E-state index >= 15 is 0 Å². The number of hydrogen-bond donors (Lipinski definition) is 1. The van der Waals surface area contributed by atoms with Gasteiger partial charge in [0.05, 0.1) is 15.1 Å². The van der Waals surface area contributed by atoms with Crippen molar-refractivity contribution in [2.75, 3.05) is 6.54 Å². The standard InChI is InChI=1S/C11H15BrN2O3S/c1-8(5-6-13)18(17)7-9-3-2-4-10(11(9)12)14(15)16/h2-4,8H,5-7,13H2,1H3. The Labute approximate surface area is 116 Å². The molecule has 0 saturated carbocycles. The summed E-state index contributed by atoms with van der Waals surface area (Å²) in [6.07, 6.45) is 0.680. The molecule has 0 fully saturated rings. The summed E-state index contributed by atoms with van der Waals surface area (Å²) >= 11 is 3.20. The quantitative estimate of drug-likeness (QED) is 0.639. The lowest BCUT2D eigenvalue weighted by Crippen LogP contribution is -2.17. The Bertz CT molecular complexity index is 468. The fourth-order valence-electron chi connectivity index (χ4n) is 1.48. The summed E-state index contributed by atoms with van der Waals surface area (Å²) in [6, 6.07) is 4.76. The Hall–Kier alpha value is -0.790. The summed E-state index contributed by atoms with van der Waals surface area (Å²) < 4.78 is 12.4. The Morgan fingerprint density at radius 3 is 2.78 bits per heavy atom. The van der Waals surface area contributed by atoms with Crippen LogP contribution in [-0.4, -0.2) is 20.9 Å². The number of nitro groups is 1. The summed E-state index contributed by atoms with van der Waals surface area (Å²) in [4.78, 5) is 10.3. The molecule has 2 N–H and O–H groups in total. The van der Waals surface area contributed by atoms with Gasteiger partial charge in [0.2, 0.25) is 0 Å². The minimum Gasteiger partial charge on any atom is -0.330 e. The van der Waals surface area contributed by atoms with Crippen LogP contribution in [0.15, 0.2) is 22.7 Å². The molecule has 7 heteroatoms. The monoisotopic (exact) mass is 334 g/mol. The van der Waals surface area contributed by atoms with Crippen molar-refractivity contribution in [3.05, 3.63) is 38.3 Å². The van der Waals surface area contributed by atoms with Crippen LogP contribution in [0.1, 0.15) is 18.9 Å². The van der Waals surface area contributed by atoms with Crippen LogP contribution >= 0.6 is 15.9 Å². The van der Waals surface area contributed by atoms with E-state index in [1.54, 1.807) is 12.1 Å². The summed E-state index contributed by atoms with van der Waals surface area (Å²) in [7, 11) is -1.08. The van der Waals surface area contributed by atoms with Gasteiger partial charge >= 0.3 is 0 Å². The van der Waals surface area contributed by atoms with Crippen LogP contribution in [0.3, 0.4) is 0 Å². The molecule has 0 bridgehead atoms. The lowest BCUT2D eigenvalue weighted by molar-refractivity contribution is -0.385. The molecule has 0 aliphatic rings. The van der Waals surface area contributed by atoms with Gasteiger partial charge in [-0.25, -0.2) is 0 Å². The third-order valence-electron chi connectivity index (χ3n) is 2.57. The molecular formula is C11H15BrN2O3S. The van der Waals surface area contributed by atoms with E-state index in [0.717, 1.165) is 0 Å². The van der Waals surface area contributed by atoms with Crippen molar-refractivity contribution in [1.82, 2.24) is 0 Å². The first-order chi connectivity index (χ1) is 8.47. The van der Waals surface area contributed by atoms with E-state index in [4.69, 9.17) is 5.73 Å². The van der Waals surface area contributed by atoms with E-state index in [1.807, 2.05) is 6.92 Å². The van der Waals surface area contributed by atoms with Crippen molar-refractivity contribution in [2.45, 2.75) is 24.3 Å². The second-order valence-electron chi connectivity index (χ2n) is 3.92. The van der Waals surface area contributed by atoms with Gasteiger partial charge < -0.3 is 5.73 Å². The normalized spacial score (nSPS) is 14.2. The fourth-order valence-corrected chi connectivity index (χ4v) is 3.45. The van der Waals surface area contributed by atoms with E-state index in [-0.39, 0.29) is 10.9 Å². The number of benzene rings is 1.